The SMILES string of the molecule is CC(=O)OC[C@H]1O[C@@H](ON=C(C)CCN2CCCCc3nc(C)c(C)cc32)[C@H](OC(C)=O)[C@@H](OC(C)=O)[C@@H]1OC(C)=O. The van der Waals surface area contributed by atoms with E-state index in [-0.39, 0.29) is 6.61 Å². The van der Waals surface area contributed by atoms with Crippen LogP contribution in [0.2, 0.25) is 0 Å². The second-order valence-electron chi connectivity index (χ2n) is 10.6. The topological polar surface area (TPSA) is 152 Å². The molecule has 1 aromatic rings. The van der Waals surface area contributed by atoms with Crippen molar-refractivity contribution in [3.05, 3.63) is 23.0 Å². The Kier molecular flexibility index (Phi) is 11.7. The molecule has 5 atom stereocenters. The number of rotatable bonds is 10. The number of oxime groups is 1. The summed E-state index contributed by atoms with van der Waals surface area (Å²) in [4.78, 5) is 60.2. The van der Waals surface area contributed by atoms with Gasteiger partial charge in [0.25, 0.3) is 6.29 Å². The molecule has 0 unspecified atom stereocenters. The average molecular weight is 592 g/mol. The maximum absolute atomic E-state index is 12.0. The van der Waals surface area contributed by atoms with Gasteiger partial charge in [0.2, 0.25) is 6.10 Å². The van der Waals surface area contributed by atoms with Crippen LogP contribution in [0.4, 0.5) is 5.69 Å². The predicted molar refractivity (Wildman–Crippen MR) is 150 cm³/mol. The highest BCUT2D eigenvalue weighted by Crippen LogP contribution is 2.31. The molecule has 42 heavy (non-hydrogen) atoms. The summed E-state index contributed by atoms with van der Waals surface area (Å²) < 4.78 is 27.2. The van der Waals surface area contributed by atoms with E-state index >= 15 is 0 Å². The van der Waals surface area contributed by atoms with E-state index < -0.39 is 54.6 Å². The Morgan fingerprint density at radius 1 is 0.929 bits per heavy atom. The summed E-state index contributed by atoms with van der Waals surface area (Å²) in [6, 6.07) is 2.18. The number of aromatic nitrogens is 1. The fourth-order valence-corrected chi connectivity index (χ4v) is 4.90. The molecule has 13 heteroatoms. The van der Waals surface area contributed by atoms with E-state index in [9.17, 15) is 19.2 Å². The lowest BCUT2D eigenvalue weighted by Crippen LogP contribution is -2.62. The Morgan fingerprint density at radius 2 is 1.57 bits per heavy atom. The number of aryl methyl sites for hydroxylation is 3. The highest BCUT2D eigenvalue weighted by Gasteiger charge is 2.53. The molecule has 0 N–H and O–H groups in total. The summed E-state index contributed by atoms with van der Waals surface area (Å²) in [5, 5.41) is 4.23. The fourth-order valence-electron chi connectivity index (χ4n) is 4.90. The largest absolute Gasteiger partial charge is 0.463 e. The molecule has 232 valence electrons. The van der Waals surface area contributed by atoms with Crippen LogP contribution in [0.3, 0.4) is 0 Å². The molecule has 0 radical (unpaired) electrons. The highest BCUT2D eigenvalue weighted by atomic mass is 16.8. The van der Waals surface area contributed by atoms with E-state index in [1.807, 2.05) is 6.92 Å². The molecular formula is C29H41N3O10. The number of anilines is 1. The predicted octanol–water partition coefficient (Wildman–Crippen LogP) is 2.71. The van der Waals surface area contributed by atoms with Gasteiger partial charge in [-0.15, -0.1) is 0 Å². The summed E-state index contributed by atoms with van der Waals surface area (Å²) in [5.41, 5.74) is 5.03. The van der Waals surface area contributed by atoms with Crippen LogP contribution in [0.25, 0.3) is 0 Å². The number of fused-ring (bicyclic) bond motifs is 1. The van der Waals surface area contributed by atoms with Gasteiger partial charge in [0.15, 0.2) is 12.2 Å². The number of pyridine rings is 1. The molecule has 0 spiro atoms. The Balaban J connectivity index is 1.81. The van der Waals surface area contributed by atoms with E-state index in [4.69, 9.17) is 33.5 Å². The third-order valence-electron chi connectivity index (χ3n) is 6.96. The van der Waals surface area contributed by atoms with Crippen molar-refractivity contribution in [2.75, 3.05) is 24.6 Å². The smallest absolute Gasteiger partial charge is 0.303 e. The Hall–Kier alpha value is -3.74. The average Bonchev–Trinajstić information content (AvgIpc) is 3.09. The van der Waals surface area contributed by atoms with E-state index in [0.717, 1.165) is 62.3 Å². The summed E-state index contributed by atoms with van der Waals surface area (Å²) >= 11 is 0. The van der Waals surface area contributed by atoms with Crippen molar-refractivity contribution in [2.24, 2.45) is 5.16 Å². The van der Waals surface area contributed by atoms with Gasteiger partial charge in [-0.3, -0.25) is 24.2 Å². The fraction of sp³-hybridized carbons (Fsp3) is 0.655. The lowest BCUT2D eigenvalue weighted by Gasteiger charge is -2.43. The van der Waals surface area contributed by atoms with Crippen LogP contribution in [-0.4, -0.2) is 85.0 Å². The lowest BCUT2D eigenvalue weighted by atomic mass is 9.98. The minimum atomic E-state index is -1.37. The zero-order valence-electron chi connectivity index (χ0n) is 25.3. The van der Waals surface area contributed by atoms with Gasteiger partial charge in [-0.1, -0.05) is 5.16 Å². The van der Waals surface area contributed by atoms with E-state index in [0.29, 0.717) is 18.7 Å². The first-order chi connectivity index (χ1) is 19.8. The van der Waals surface area contributed by atoms with Crippen LogP contribution >= 0.6 is 0 Å². The van der Waals surface area contributed by atoms with Gasteiger partial charge in [-0.2, -0.15) is 0 Å². The van der Waals surface area contributed by atoms with Crippen molar-refractivity contribution >= 4 is 35.3 Å². The molecule has 3 rings (SSSR count). The first-order valence-corrected chi connectivity index (χ1v) is 14.1. The van der Waals surface area contributed by atoms with Gasteiger partial charge < -0.3 is 33.4 Å². The first kappa shape index (κ1) is 32.8. The Morgan fingerprint density at radius 3 is 2.21 bits per heavy atom. The standard InChI is InChI=1S/C29H41N3O10/c1-16-14-24-23(30-18(16)3)10-8-9-12-32(24)13-11-17(2)31-42-29-28(40-22(7)36)27(39-21(6)35)26(38-20(5)34)25(41-29)15-37-19(4)33/h14,25-29H,8-13,15H2,1-7H3/t25-,26-,27+,28-,29+/m1/s1. The quantitative estimate of drug-likeness (QED) is 0.170. The van der Waals surface area contributed by atoms with Gasteiger partial charge in [0.05, 0.1) is 17.1 Å². The van der Waals surface area contributed by atoms with Crippen molar-refractivity contribution in [2.45, 2.75) is 105 Å². The van der Waals surface area contributed by atoms with Gasteiger partial charge in [0, 0.05) is 52.9 Å². The zero-order valence-corrected chi connectivity index (χ0v) is 25.3. The van der Waals surface area contributed by atoms with Crippen molar-refractivity contribution in [3.8, 4) is 0 Å². The Bertz CT molecular complexity index is 1190. The van der Waals surface area contributed by atoms with Crippen LogP contribution in [0, 0.1) is 13.8 Å². The molecule has 1 fully saturated rings. The van der Waals surface area contributed by atoms with Crippen molar-refractivity contribution in [1.29, 1.82) is 0 Å². The second-order valence-corrected chi connectivity index (χ2v) is 10.6. The molecule has 0 saturated carbocycles. The lowest BCUT2D eigenvalue weighted by molar-refractivity contribution is -0.308. The van der Waals surface area contributed by atoms with Gasteiger partial charge in [-0.05, 0) is 51.7 Å². The first-order valence-electron chi connectivity index (χ1n) is 14.1. The molecule has 1 aromatic heterocycles. The summed E-state index contributed by atoms with van der Waals surface area (Å²) in [6.45, 7) is 11.8. The summed E-state index contributed by atoms with van der Waals surface area (Å²) in [7, 11) is 0. The molecule has 0 amide bonds. The molecule has 2 aliphatic heterocycles. The monoisotopic (exact) mass is 591 g/mol. The minimum absolute atomic E-state index is 0.346. The highest BCUT2D eigenvalue weighted by molar-refractivity contribution is 5.82. The van der Waals surface area contributed by atoms with Gasteiger partial charge >= 0.3 is 23.9 Å². The molecule has 0 aromatic carbocycles. The number of carbonyl (C=O) groups is 4. The van der Waals surface area contributed by atoms with Crippen molar-refractivity contribution < 1.29 is 47.7 Å². The number of hydrogen-bond donors (Lipinski definition) is 0. The number of hydrogen-bond acceptors (Lipinski definition) is 13. The maximum atomic E-state index is 12.0. The summed E-state index contributed by atoms with van der Waals surface area (Å²) in [5.74, 6) is -2.75. The van der Waals surface area contributed by atoms with Crippen LogP contribution in [-0.2, 0) is 54.1 Å². The third kappa shape index (κ3) is 9.13. The van der Waals surface area contributed by atoms with Gasteiger partial charge in [0.1, 0.15) is 12.7 Å². The van der Waals surface area contributed by atoms with Gasteiger partial charge in [-0.25, -0.2) is 0 Å². The molecule has 3 heterocycles. The molecule has 0 bridgehead atoms. The molecule has 13 nitrogen and oxygen atoms in total. The normalized spacial score (nSPS) is 24.1. The van der Waals surface area contributed by atoms with Crippen molar-refractivity contribution in [3.63, 3.8) is 0 Å². The molecular weight excluding hydrogens is 550 g/mol. The number of ether oxygens (including phenoxy) is 5. The number of esters is 4. The summed E-state index contributed by atoms with van der Waals surface area (Å²) in [6.07, 6.45) is -2.79. The van der Waals surface area contributed by atoms with E-state index in [1.54, 1.807) is 6.92 Å². The second kappa shape index (κ2) is 14.9. The van der Waals surface area contributed by atoms with Crippen LogP contribution in [0.1, 0.15) is 70.8 Å². The molecule has 1 saturated heterocycles. The molecule has 0 aliphatic carbocycles. The maximum Gasteiger partial charge on any atom is 0.303 e. The van der Waals surface area contributed by atoms with E-state index in [2.05, 4.69) is 23.0 Å². The molecule has 2 aliphatic rings. The number of nitrogens with zero attached hydrogens (tertiary/aromatic N) is 3. The van der Waals surface area contributed by atoms with E-state index in [1.165, 1.54) is 13.8 Å². The van der Waals surface area contributed by atoms with Crippen LogP contribution in [0.5, 0.6) is 0 Å². The van der Waals surface area contributed by atoms with Crippen LogP contribution in [0.15, 0.2) is 11.2 Å². The zero-order chi connectivity index (χ0) is 31.0. The minimum Gasteiger partial charge on any atom is -0.463 e. The number of carbonyl (C=O) groups excluding carboxylic acids is 4. The van der Waals surface area contributed by atoms with Crippen LogP contribution < -0.4 is 4.90 Å². The van der Waals surface area contributed by atoms with Crippen molar-refractivity contribution in [1.82, 2.24) is 4.98 Å². The Labute approximate surface area is 245 Å². The third-order valence-corrected chi connectivity index (χ3v) is 6.96.